The molecule has 0 aromatic carbocycles. The first-order valence-corrected chi connectivity index (χ1v) is 6.69. The van der Waals surface area contributed by atoms with E-state index in [1.807, 2.05) is 20.0 Å². The normalized spacial score (nSPS) is 12.4. The predicted octanol–water partition coefficient (Wildman–Crippen LogP) is 2.23. The zero-order valence-electron chi connectivity index (χ0n) is 10.7. The van der Waals surface area contributed by atoms with Crippen molar-refractivity contribution in [2.75, 3.05) is 0 Å². The van der Waals surface area contributed by atoms with Crippen LogP contribution >= 0.6 is 11.3 Å². The SMILES string of the molecule is CCc1cnc(C(C)NC(=O)c2cn[nH]c2C)s1. The molecule has 18 heavy (non-hydrogen) atoms. The predicted molar refractivity (Wildman–Crippen MR) is 70.7 cm³/mol. The zero-order chi connectivity index (χ0) is 13.1. The van der Waals surface area contributed by atoms with Crippen molar-refractivity contribution in [2.24, 2.45) is 0 Å². The summed E-state index contributed by atoms with van der Waals surface area (Å²) in [6.45, 7) is 5.85. The largest absolute Gasteiger partial charge is 0.343 e. The van der Waals surface area contributed by atoms with E-state index in [1.54, 1.807) is 11.3 Å². The van der Waals surface area contributed by atoms with E-state index in [4.69, 9.17) is 0 Å². The molecule has 0 saturated carbocycles. The number of rotatable bonds is 4. The van der Waals surface area contributed by atoms with Gasteiger partial charge in [0, 0.05) is 16.8 Å². The second-order valence-corrected chi connectivity index (χ2v) is 5.27. The van der Waals surface area contributed by atoms with Gasteiger partial charge in [-0.25, -0.2) is 4.98 Å². The van der Waals surface area contributed by atoms with Crippen molar-refractivity contribution in [3.63, 3.8) is 0 Å². The molecule has 2 aromatic heterocycles. The Bertz CT molecular complexity index is 546. The van der Waals surface area contributed by atoms with Gasteiger partial charge in [0.15, 0.2) is 0 Å². The Hall–Kier alpha value is -1.69. The number of aryl methyl sites for hydroxylation is 2. The molecule has 0 fully saturated rings. The summed E-state index contributed by atoms with van der Waals surface area (Å²) in [5.41, 5.74) is 1.35. The lowest BCUT2D eigenvalue weighted by atomic mass is 10.2. The lowest BCUT2D eigenvalue weighted by Gasteiger charge is -2.10. The third kappa shape index (κ3) is 2.59. The highest BCUT2D eigenvalue weighted by molar-refractivity contribution is 7.11. The van der Waals surface area contributed by atoms with Crippen LogP contribution in [0, 0.1) is 6.92 Å². The van der Waals surface area contributed by atoms with Gasteiger partial charge in [-0.15, -0.1) is 11.3 Å². The molecule has 0 aliphatic carbocycles. The van der Waals surface area contributed by atoms with Crippen molar-refractivity contribution >= 4 is 17.2 Å². The molecule has 1 atom stereocenters. The smallest absolute Gasteiger partial charge is 0.255 e. The summed E-state index contributed by atoms with van der Waals surface area (Å²) in [6, 6.07) is -0.0860. The number of nitrogens with one attached hydrogen (secondary N) is 2. The maximum atomic E-state index is 12.0. The summed E-state index contributed by atoms with van der Waals surface area (Å²) in [4.78, 5) is 17.5. The van der Waals surface area contributed by atoms with Crippen molar-refractivity contribution in [3.8, 4) is 0 Å². The summed E-state index contributed by atoms with van der Waals surface area (Å²) < 4.78 is 0. The molecular weight excluding hydrogens is 248 g/mol. The van der Waals surface area contributed by atoms with Crippen LogP contribution in [-0.4, -0.2) is 21.1 Å². The highest BCUT2D eigenvalue weighted by Crippen LogP contribution is 2.20. The highest BCUT2D eigenvalue weighted by Gasteiger charge is 2.16. The van der Waals surface area contributed by atoms with Crippen molar-refractivity contribution < 1.29 is 4.79 Å². The van der Waals surface area contributed by atoms with Crippen LogP contribution in [-0.2, 0) is 6.42 Å². The molecule has 1 amide bonds. The van der Waals surface area contributed by atoms with Crippen LogP contribution < -0.4 is 5.32 Å². The molecule has 2 N–H and O–H groups in total. The van der Waals surface area contributed by atoms with Crippen LogP contribution in [0.25, 0.3) is 0 Å². The first kappa shape index (κ1) is 12.8. The Balaban J connectivity index is 2.05. The molecule has 0 radical (unpaired) electrons. The number of carbonyl (C=O) groups excluding carboxylic acids is 1. The van der Waals surface area contributed by atoms with Crippen LogP contribution in [0.2, 0.25) is 0 Å². The van der Waals surface area contributed by atoms with E-state index >= 15 is 0 Å². The first-order chi connectivity index (χ1) is 8.61. The summed E-state index contributed by atoms with van der Waals surface area (Å²) in [5, 5.41) is 10.5. The van der Waals surface area contributed by atoms with Crippen LogP contribution in [0.4, 0.5) is 0 Å². The maximum absolute atomic E-state index is 12.0. The second kappa shape index (κ2) is 5.30. The number of hydrogen-bond donors (Lipinski definition) is 2. The van der Waals surface area contributed by atoms with Crippen molar-refractivity contribution in [1.29, 1.82) is 0 Å². The zero-order valence-corrected chi connectivity index (χ0v) is 11.5. The summed E-state index contributed by atoms with van der Waals surface area (Å²) >= 11 is 1.64. The summed E-state index contributed by atoms with van der Waals surface area (Å²) in [6.07, 6.45) is 4.38. The van der Waals surface area contributed by atoms with Crippen LogP contribution in [0.1, 0.15) is 45.8 Å². The monoisotopic (exact) mass is 264 g/mol. The van der Waals surface area contributed by atoms with Crippen LogP contribution in [0.5, 0.6) is 0 Å². The average molecular weight is 264 g/mol. The van der Waals surface area contributed by atoms with Crippen LogP contribution in [0.3, 0.4) is 0 Å². The van der Waals surface area contributed by atoms with Crippen molar-refractivity contribution in [3.05, 3.63) is 33.5 Å². The van der Waals surface area contributed by atoms with Gasteiger partial charge >= 0.3 is 0 Å². The Morgan fingerprint density at radius 1 is 1.56 bits per heavy atom. The van der Waals surface area contributed by atoms with E-state index in [1.165, 1.54) is 11.1 Å². The molecule has 5 nitrogen and oxygen atoms in total. The van der Waals surface area contributed by atoms with E-state index in [2.05, 4.69) is 27.4 Å². The quantitative estimate of drug-likeness (QED) is 0.889. The highest BCUT2D eigenvalue weighted by atomic mass is 32.1. The van der Waals surface area contributed by atoms with Gasteiger partial charge in [-0.1, -0.05) is 6.92 Å². The molecule has 2 rings (SSSR count). The number of nitrogens with zero attached hydrogens (tertiary/aromatic N) is 2. The van der Waals surface area contributed by atoms with E-state index < -0.39 is 0 Å². The second-order valence-electron chi connectivity index (χ2n) is 4.12. The van der Waals surface area contributed by atoms with Gasteiger partial charge in [-0.05, 0) is 20.3 Å². The Morgan fingerprint density at radius 3 is 2.89 bits per heavy atom. The number of thiazole rings is 1. The fraction of sp³-hybridized carbons (Fsp3) is 0.417. The fourth-order valence-corrected chi connectivity index (χ4v) is 2.46. The maximum Gasteiger partial charge on any atom is 0.255 e. The van der Waals surface area contributed by atoms with Gasteiger partial charge in [0.2, 0.25) is 0 Å². The molecular formula is C12H16N4OS. The molecule has 1 unspecified atom stereocenters. The topological polar surface area (TPSA) is 70.7 Å². The number of aromatic amines is 1. The summed E-state index contributed by atoms with van der Waals surface area (Å²) in [5.74, 6) is -0.123. The lowest BCUT2D eigenvalue weighted by Crippen LogP contribution is -2.26. The standard InChI is InChI=1S/C12H16N4OS/c1-4-9-5-13-12(18-9)8(3)15-11(17)10-6-14-16-7(10)2/h5-6,8H,4H2,1-3H3,(H,14,16)(H,15,17). The molecule has 96 valence electrons. The Kier molecular flexibility index (Phi) is 3.76. The molecule has 6 heteroatoms. The van der Waals surface area contributed by atoms with Gasteiger partial charge in [0.25, 0.3) is 5.91 Å². The van der Waals surface area contributed by atoms with Gasteiger partial charge in [0.1, 0.15) is 5.01 Å². The molecule has 2 aromatic rings. The minimum absolute atomic E-state index is 0.0860. The number of amides is 1. The van der Waals surface area contributed by atoms with Gasteiger partial charge < -0.3 is 5.32 Å². The number of hydrogen-bond acceptors (Lipinski definition) is 4. The molecule has 0 aliphatic heterocycles. The molecule has 0 aliphatic rings. The van der Waals surface area contributed by atoms with E-state index in [0.29, 0.717) is 5.56 Å². The molecule has 2 heterocycles. The van der Waals surface area contributed by atoms with E-state index in [-0.39, 0.29) is 11.9 Å². The third-order valence-electron chi connectivity index (χ3n) is 2.71. The van der Waals surface area contributed by atoms with Gasteiger partial charge in [0.05, 0.1) is 17.8 Å². The van der Waals surface area contributed by atoms with Crippen molar-refractivity contribution in [1.82, 2.24) is 20.5 Å². The van der Waals surface area contributed by atoms with E-state index in [0.717, 1.165) is 17.1 Å². The van der Waals surface area contributed by atoms with Gasteiger partial charge in [-0.2, -0.15) is 5.10 Å². The fourth-order valence-electron chi connectivity index (χ4n) is 1.60. The molecule has 0 saturated heterocycles. The molecule has 0 spiro atoms. The minimum atomic E-state index is -0.123. The van der Waals surface area contributed by atoms with Crippen molar-refractivity contribution in [2.45, 2.75) is 33.2 Å². The van der Waals surface area contributed by atoms with Crippen LogP contribution in [0.15, 0.2) is 12.4 Å². The third-order valence-corrected chi connectivity index (χ3v) is 4.04. The molecule has 0 bridgehead atoms. The number of aromatic nitrogens is 3. The minimum Gasteiger partial charge on any atom is -0.343 e. The average Bonchev–Trinajstić information content (AvgIpc) is 2.96. The first-order valence-electron chi connectivity index (χ1n) is 5.87. The summed E-state index contributed by atoms with van der Waals surface area (Å²) in [7, 11) is 0. The lowest BCUT2D eigenvalue weighted by molar-refractivity contribution is 0.0939. The number of carbonyl (C=O) groups is 1. The number of H-pyrrole nitrogens is 1. The van der Waals surface area contributed by atoms with Gasteiger partial charge in [-0.3, -0.25) is 9.89 Å². The Morgan fingerprint density at radius 2 is 2.33 bits per heavy atom. The van der Waals surface area contributed by atoms with E-state index in [9.17, 15) is 4.79 Å². The Labute approximate surface area is 110 Å².